The van der Waals surface area contributed by atoms with E-state index in [0.29, 0.717) is 0 Å². The van der Waals surface area contributed by atoms with Gasteiger partial charge in [0.1, 0.15) is 5.82 Å². The van der Waals surface area contributed by atoms with Crippen LogP contribution in [0, 0.1) is 5.82 Å². The third kappa shape index (κ3) is 3.84. The summed E-state index contributed by atoms with van der Waals surface area (Å²) >= 11 is 0. The van der Waals surface area contributed by atoms with Gasteiger partial charge >= 0.3 is 0 Å². The highest BCUT2D eigenvalue weighted by Crippen LogP contribution is 2.08. The number of benzene rings is 1. The Morgan fingerprint density at radius 1 is 1.33 bits per heavy atom. The minimum atomic E-state index is -0.585. The lowest BCUT2D eigenvalue weighted by Crippen LogP contribution is -2.41. The summed E-state index contributed by atoms with van der Waals surface area (Å²) in [5.74, 6) is -1.36. The second kappa shape index (κ2) is 6.14. The second-order valence-corrected chi connectivity index (χ2v) is 4.36. The van der Waals surface area contributed by atoms with Gasteiger partial charge in [0.05, 0.1) is 12.1 Å². The van der Waals surface area contributed by atoms with Crippen LogP contribution in [0.3, 0.4) is 0 Å². The van der Waals surface area contributed by atoms with Gasteiger partial charge in [-0.25, -0.2) is 4.39 Å². The summed E-state index contributed by atoms with van der Waals surface area (Å²) in [5, 5.41) is 2.67. The molecule has 4 nitrogen and oxygen atoms in total. The van der Waals surface area contributed by atoms with Gasteiger partial charge in [0.2, 0.25) is 5.91 Å². The van der Waals surface area contributed by atoms with E-state index in [1.807, 2.05) is 13.8 Å². The topological polar surface area (TPSA) is 49.4 Å². The highest BCUT2D eigenvalue weighted by molar-refractivity contribution is 5.96. The first-order valence-corrected chi connectivity index (χ1v) is 5.71. The lowest BCUT2D eigenvalue weighted by atomic mass is 10.2. The number of likely N-dealkylation sites (N-methyl/N-ethyl adjacent to an activating group) is 1. The van der Waals surface area contributed by atoms with Crippen molar-refractivity contribution in [1.29, 1.82) is 0 Å². The van der Waals surface area contributed by atoms with Crippen molar-refractivity contribution < 1.29 is 14.0 Å². The molecule has 98 valence electrons. The molecule has 0 aliphatic heterocycles. The van der Waals surface area contributed by atoms with E-state index < -0.39 is 11.7 Å². The highest BCUT2D eigenvalue weighted by Gasteiger charge is 2.17. The molecule has 0 saturated heterocycles. The van der Waals surface area contributed by atoms with Crippen LogP contribution < -0.4 is 5.32 Å². The molecule has 0 heterocycles. The van der Waals surface area contributed by atoms with Crippen LogP contribution >= 0.6 is 0 Å². The normalized spacial score (nSPS) is 10.3. The summed E-state index contributed by atoms with van der Waals surface area (Å²) in [7, 11) is 1.47. The molecule has 0 aromatic heterocycles. The minimum absolute atomic E-state index is 0.00876. The maximum atomic E-state index is 13.4. The minimum Gasteiger partial charge on any atom is -0.352 e. The van der Waals surface area contributed by atoms with E-state index >= 15 is 0 Å². The van der Waals surface area contributed by atoms with Gasteiger partial charge in [-0.05, 0) is 26.0 Å². The van der Waals surface area contributed by atoms with E-state index in [4.69, 9.17) is 0 Å². The Morgan fingerprint density at radius 3 is 2.50 bits per heavy atom. The first-order chi connectivity index (χ1) is 8.41. The van der Waals surface area contributed by atoms with Crippen molar-refractivity contribution >= 4 is 11.8 Å². The Hall–Kier alpha value is -1.91. The average Bonchev–Trinajstić information content (AvgIpc) is 2.27. The Kier molecular flexibility index (Phi) is 4.83. The third-order valence-corrected chi connectivity index (χ3v) is 2.28. The quantitative estimate of drug-likeness (QED) is 0.881. The Balaban J connectivity index is 2.68. The molecule has 0 fully saturated rings. The van der Waals surface area contributed by atoms with Gasteiger partial charge in [0.25, 0.3) is 5.91 Å². The fraction of sp³-hybridized carbons (Fsp3) is 0.385. The number of nitrogens with one attached hydrogen (secondary N) is 1. The zero-order valence-corrected chi connectivity index (χ0v) is 10.7. The van der Waals surface area contributed by atoms with Crippen LogP contribution in [0.5, 0.6) is 0 Å². The van der Waals surface area contributed by atoms with E-state index in [1.165, 1.54) is 30.1 Å². The first kappa shape index (κ1) is 14.2. The van der Waals surface area contributed by atoms with Crippen molar-refractivity contribution in [3.05, 3.63) is 35.6 Å². The number of hydrogen-bond acceptors (Lipinski definition) is 2. The number of hydrogen-bond donors (Lipinski definition) is 1. The predicted octanol–water partition coefficient (Wildman–Crippen LogP) is 1.42. The van der Waals surface area contributed by atoms with E-state index in [9.17, 15) is 14.0 Å². The molecule has 0 bridgehead atoms. The van der Waals surface area contributed by atoms with Crippen molar-refractivity contribution in [1.82, 2.24) is 10.2 Å². The maximum Gasteiger partial charge on any atom is 0.257 e. The summed E-state index contributed by atoms with van der Waals surface area (Å²) in [6.07, 6.45) is 0. The molecule has 18 heavy (non-hydrogen) atoms. The van der Waals surface area contributed by atoms with Gasteiger partial charge in [0, 0.05) is 13.1 Å². The van der Waals surface area contributed by atoms with E-state index in [2.05, 4.69) is 5.32 Å². The number of amides is 2. The lowest BCUT2D eigenvalue weighted by Gasteiger charge is -2.18. The lowest BCUT2D eigenvalue weighted by molar-refractivity contribution is -0.122. The first-order valence-electron chi connectivity index (χ1n) is 5.71. The Morgan fingerprint density at radius 2 is 1.94 bits per heavy atom. The fourth-order valence-corrected chi connectivity index (χ4v) is 1.50. The SMILES string of the molecule is CC(C)NC(=O)CN(C)C(=O)c1ccccc1F. The molecule has 0 saturated carbocycles. The van der Waals surface area contributed by atoms with Crippen LogP contribution in [0.2, 0.25) is 0 Å². The molecule has 1 aromatic carbocycles. The van der Waals surface area contributed by atoms with E-state index in [1.54, 1.807) is 6.07 Å². The predicted molar refractivity (Wildman–Crippen MR) is 66.6 cm³/mol. The Bertz CT molecular complexity index is 446. The molecule has 0 aliphatic rings. The van der Waals surface area contributed by atoms with Crippen LogP contribution in [-0.4, -0.2) is 36.3 Å². The Labute approximate surface area is 106 Å². The number of nitrogens with zero attached hydrogens (tertiary/aromatic N) is 1. The monoisotopic (exact) mass is 252 g/mol. The molecule has 0 spiro atoms. The second-order valence-electron chi connectivity index (χ2n) is 4.36. The summed E-state index contributed by atoms with van der Waals surface area (Å²) < 4.78 is 13.4. The number of halogens is 1. The van der Waals surface area contributed by atoms with Gasteiger partial charge in [-0.1, -0.05) is 12.1 Å². The van der Waals surface area contributed by atoms with E-state index in [0.717, 1.165) is 0 Å². The van der Waals surface area contributed by atoms with Gasteiger partial charge < -0.3 is 10.2 Å². The molecule has 5 heteroatoms. The summed E-state index contributed by atoms with van der Waals surface area (Å²) in [5.41, 5.74) is -0.0302. The number of carbonyl (C=O) groups is 2. The smallest absolute Gasteiger partial charge is 0.257 e. The fourth-order valence-electron chi connectivity index (χ4n) is 1.50. The van der Waals surface area contributed by atoms with Crippen molar-refractivity contribution in [2.75, 3.05) is 13.6 Å². The van der Waals surface area contributed by atoms with Crippen molar-refractivity contribution in [2.45, 2.75) is 19.9 Å². The molecule has 1 aromatic rings. The number of carbonyl (C=O) groups excluding carboxylic acids is 2. The van der Waals surface area contributed by atoms with Crippen LogP contribution in [0.25, 0.3) is 0 Å². The van der Waals surface area contributed by atoms with Crippen LogP contribution in [-0.2, 0) is 4.79 Å². The molecule has 1 N–H and O–H groups in total. The standard InChI is InChI=1S/C13H17FN2O2/c1-9(2)15-12(17)8-16(3)13(18)10-6-4-5-7-11(10)14/h4-7,9H,8H2,1-3H3,(H,15,17). The van der Waals surface area contributed by atoms with Crippen LogP contribution in [0.15, 0.2) is 24.3 Å². The van der Waals surface area contributed by atoms with Crippen molar-refractivity contribution in [2.24, 2.45) is 0 Å². The van der Waals surface area contributed by atoms with Gasteiger partial charge in [0.15, 0.2) is 0 Å². The molecule has 0 aliphatic carbocycles. The van der Waals surface area contributed by atoms with Gasteiger partial charge in [-0.3, -0.25) is 9.59 Å². The highest BCUT2D eigenvalue weighted by atomic mass is 19.1. The largest absolute Gasteiger partial charge is 0.352 e. The van der Waals surface area contributed by atoms with Crippen LogP contribution in [0.1, 0.15) is 24.2 Å². The molecule has 1 rings (SSSR count). The molecule has 0 unspecified atom stereocenters. The summed E-state index contributed by atoms with van der Waals surface area (Å²) in [6, 6.07) is 5.72. The third-order valence-electron chi connectivity index (χ3n) is 2.28. The van der Waals surface area contributed by atoms with Crippen molar-refractivity contribution in [3.8, 4) is 0 Å². The zero-order chi connectivity index (χ0) is 13.7. The molecule has 0 atom stereocenters. The van der Waals surface area contributed by atoms with Crippen molar-refractivity contribution in [3.63, 3.8) is 0 Å². The average molecular weight is 252 g/mol. The van der Waals surface area contributed by atoms with Gasteiger partial charge in [-0.15, -0.1) is 0 Å². The maximum absolute atomic E-state index is 13.4. The summed E-state index contributed by atoms with van der Waals surface area (Å²) in [4.78, 5) is 24.6. The number of rotatable bonds is 4. The molecular formula is C13H17FN2O2. The zero-order valence-electron chi connectivity index (χ0n) is 10.7. The molecule has 2 amide bonds. The molecule has 0 radical (unpaired) electrons. The molecular weight excluding hydrogens is 235 g/mol. The van der Waals surface area contributed by atoms with Crippen LogP contribution in [0.4, 0.5) is 4.39 Å². The van der Waals surface area contributed by atoms with E-state index in [-0.39, 0.29) is 24.1 Å². The summed E-state index contributed by atoms with van der Waals surface area (Å²) in [6.45, 7) is 3.57. The van der Waals surface area contributed by atoms with Gasteiger partial charge in [-0.2, -0.15) is 0 Å².